The predicted molar refractivity (Wildman–Crippen MR) is 73.0 cm³/mol. The molecule has 1 rings (SSSR count). The van der Waals surface area contributed by atoms with Crippen LogP contribution in [0.2, 0.25) is 0 Å². The van der Waals surface area contributed by atoms with Crippen molar-refractivity contribution in [3.8, 4) is 0 Å². The number of carbonyl (C=O) groups is 2. The first-order valence-corrected chi connectivity index (χ1v) is 6.73. The quantitative estimate of drug-likeness (QED) is 0.855. The fourth-order valence-corrected chi connectivity index (χ4v) is 2.30. The highest BCUT2D eigenvalue weighted by Crippen LogP contribution is 2.29. The molecular formula is C13H19NO3S. The van der Waals surface area contributed by atoms with Crippen molar-refractivity contribution in [2.75, 3.05) is 12.4 Å². The molecule has 0 aromatic carbocycles. The fraction of sp³-hybridized carbons (Fsp3) is 0.538. The molecule has 1 amide bonds. The van der Waals surface area contributed by atoms with Gasteiger partial charge in [0.1, 0.15) is 4.88 Å². The second-order valence-electron chi connectivity index (χ2n) is 4.64. The Balaban J connectivity index is 2.94. The third kappa shape index (κ3) is 3.10. The molecule has 1 heterocycles. The number of methoxy groups -OCH3 is 1. The molecule has 0 aliphatic rings. The maximum atomic E-state index is 12.0. The summed E-state index contributed by atoms with van der Waals surface area (Å²) in [4.78, 5) is 24.0. The average Bonchev–Trinajstić information content (AvgIpc) is 2.69. The molecular weight excluding hydrogens is 250 g/mol. The highest BCUT2D eigenvalue weighted by Gasteiger charge is 2.22. The van der Waals surface area contributed by atoms with E-state index in [0.29, 0.717) is 10.6 Å². The van der Waals surface area contributed by atoms with Crippen molar-refractivity contribution < 1.29 is 14.3 Å². The number of thiophene rings is 1. The number of rotatable bonds is 4. The van der Waals surface area contributed by atoms with Crippen LogP contribution in [0, 0.1) is 18.8 Å². The molecule has 5 heteroatoms. The topological polar surface area (TPSA) is 55.4 Å². The van der Waals surface area contributed by atoms with Crippen molar-refractivity contribution in [2.24, 2.45) is 11.8 Å². The molecule has 0 saturated heterocycles. The van der Waals surface area contributed by atoms with Gasteiger partial charge < -0.3 is 10.1 Å². The summed E-state index contributed by atoms with van der Waals surface area (Å²) in [6, 6.07) is 0. The van der Waals surface area contributed by atoms with Crippen LogP contribution in [0.25, 0.3) is 0 Å². The van der Waals surface area contributed by atoms with Gasteiger partial charge in [-0.2, -0.15) is 0 Å². The average molecular weight is 269 g/mol. The molecule has 0 saturated carbocycles. The number of hydrogen-bond donors (Lipinski definition) is 1. The number of nitrogens with one attached hydrogen (secondary N) is 1. The number of esters is 1. The molecule has 1 aromatic rings. The van der Waals surface area contributed by atoms with Crippen LogP contribution >= 0.6 is 11.3 Å². The van der Waals surface area contributed by atoms with Gasteiger partial charge in [-0.3, -0.25) is 4.79 Å². The predicted octanol–water partition coefficient (Wildman–Crippen LogP) is 3.07. The Morgan fingerprint density at radius 1 is 1.33 bits per heavy atom. The van der Waals surface area contributed by atoms with Crippen LogP contribution in [0.5, 0.6) is 0 Å². The Labute approximate surface area is 111 Å². The normalized spacial score (nSPS) is 12.3. The second-order valence-corrected chi connectivity index (χ2v) is 5.52. The molecule has 0 aliphatic heterocycles. The molecule has 4 nitrogen and oxygen atoms in total. The van der Waals surface area contributed by atoms with E-state index in [1.165, 1.54) is 18.4 Å². The largest absolute Gasteiger partial charge is 0.465 e. The number of aryl methyl sites for hydroxylation is 1. The lowest BCUT2D eigenvalue weighted by Gasteiger charge is -2.15. The van der Waals surface area contributed by atoms with Gasteiger partial charge in [0.2, 0.25) is 5.91 Å². The molecule has 1 aromatic heterocycles. The standard InChI is InChI=1S/C13H19NO3S/c1-7(2)9(4)12(15)14-10-8(3)6-18-11(10)13(16)17-5/h6-7,9H,1-5H3,(H,14,15). The lowest BCUT2D eigenvalue weighted by molar-refractivity contribution is -0.120. The number of hydrogen-bond acceptors (Lipinski definition) is 4. The minimum atomic E-state index is -0.416. The maximum Gasteiger partial charge on any atom is 0.350 e. The first-order chi connectivity index (χ1) is 8.38. The molecule has 1 atom stereocenters. The minimum absolute atomic E-state index is 0.0725. The van der Waals surface area contributed by atoms with Crippen LogP contribution < -0.4 is 5.32 Å². The first-order valence-electron chi connectivity index (χ1n) is 5.85. The van der Waals surface area contributed by atoms with Crippen molar-refractivity contribution in [1.82, 2.24) is 0 Å². The zero-order chi connectivity index (χ0) is 13.9. The Morgan fingerprint density at radius 2 is 1.94 bits per heavy atom. The highest BCUT2D eigenvalue weighted by atomic mass is 32.1. The summed E-state index contributed by atoms with van der Waals surface area (Å²) in [5.41, 5.74) is 1.45. The van der Waals surface area contributed by atoms with Crippen LogP contribution in [0.3, 0.4) is 0 Å². The lowest BCUT2D eigenvalue weighted by atomic mass is 9.97. The van der Waals surface area contributed by atoms with Crippen LogP contribution in [-0.4, -0.2) is 19.0 Å². The smallest absolute Gasteiger partial charge is 0.350 e. The van der Waals surface area contributed by atoms with Gasteiger partial charge in [0.25, 0.3) is 0 Å². The van der Waals surface area contributed by atoms with Gasteiger partial charge in [-0.15, -0.1) is 11.3 Å². The molecule has 1 unspecified atom stereocenters. The molecule has 0 bridgehead atoms. The van der Waals surface area contributed by atoms with Crippen molar-refractivity contribution in [1.29, 1.82) is 0 Å². The van der Waals surface area contributed by atoms with Crippen LogP contribution in [0.4, 0.5) is 5.69 Å². The molecule has 0 spiro atoms. The molecule has 100 valence electrons. The molecule has 0 fully saturated rings. The third-order valence-electron chi connectivity index (χ3n) is 3.01. The van der Waals surface area contributed by atoms with Crippen LogP contribution in [0.1, 0.15) is 36.0 Å². The van der Waals surface area contributed by atoms with E-state index < -0.39 is 5.97 Å². The summed E-state index contributed by atoms with van der Waals surface area (Å²) in [7, 11) is 1.33. The summed E-state index contributed by atoms with van der Waals surface area (Å²) in [5.74, 6) is -0.336. The summed E-state index contributed by atoms with van der Waals surface area (Å²) in [6.07, 6.45) is 0. The van der Waals surface area contributed by atoms with Gasteiger partial charge in [0.15, 0.2) is 0 Å². The van der Waals surface area contributed by atoms with Crippen molar-refractivity contribution in [2.45, 2.75) is 27.7 Å². The summed E-state index contributed by atoms with van der Waals surface area (Å²) in [6.45, 7) is 7.72. The highest BCUT2D eigenvalue weighted by molar-refractivity contribution is 7.12. The SMILES string of the molecule is COC(=O)c1scc(C)c1NC(=O)C(C)C(C)C. The van der Waals surface area contributed by atoms with Crippen molar-refractivity contribution in [3.05, 3.63) is 15.8 Å². The molecule has 1 N–H and O–H groups in total. The monoisotopic (exact) mass is 269 g/mol. The van der Waals surface area contributed by atoms with E-state index in [-0.39, 0.29) is 17.7 Å². The lowest BCUT2D eigenvalue weighted by Crippen LogP contribution is -2.25. The Hall–Kier alpha value is -1.36. The van der Waals surface area contributed by atoms with Gasteiger partial charge >= 0.3 is 5.97 Å². The van der Waals surface area contributed by atoms with Gasteiger partial charge in [0.05, 0.1) is 12.8 Å². The number of carbonyl (C=O) groups excluding carboxylic acids is 2. The summed E-state index contributed by atoms with van der Waals surface area (Å²) in [5, 5.41) is 4.66. The van der Waals surface area contributed by atoms with E-state index in [1.807, 2.05) is 33.1 Å². The Bertz CT molecular complexity index is 451. The van der Waals surface area contributed by atoms with Gasteiger partial charge in [-0.05, 0) is 23.8 Å². The van der Waals surface area contributed by atoms with E-state index in [9.17, 15) is 9.59 Å². The van der Waals surface area contributed by atoms with E-state index in [1.54, 1.807) is 0 Å². The minimum Gasteiger partial charge on any atom is -0.465 e. The third-order valence-corrected chi connectivity index (χ3v) is 4.09. The van der Waals surface area contributed by atoms with E-state index in [0.717, 1.165) is 5.56 Å². The van der Waals surface area contributed by atoms with E-state index in [4.69, 9.17) is 4.74 Å². The molecule has 0 radical (unpaired) electrons. The van der Waals surface area contributed by atoms with E-state index >= 15 is 0 Å². The van der Waals surface area contributed by atoms with Gasteiger partial charge in [-0.25, -0.2) is 4.79 Å². The number of amides is 1. The van der Waals surface area contributed by atoms with Crippen molar-refractivity contribution >= 4 is 28.9 Å². The van der Waals surface area contributed by atoms with Crippen molar-refractivity contribution in [3.63, 3.8) is 0 Å². The zero-order valence-electron chi connectivity index (χ0n) is 11.4. The van der Waals surface area contributed by atoms with Crippen LogP contribution in [0.15, 0.2) is 5.38 Å². The van der Waals surface area contributed by atoms with Gasteiger partial charge in [0, 0.05) is 5.92 Å². The number of ether oxygens (including phenoxy) is 1. The summed E-state index contributed by atoms with van der Waals surface area (Å²) < 4.78 is 4.70. The number of anilines is 1. The van der Waals surface area contributed by atoms with Gasteiger partial charge in [-0.1, -0.05) is 20.8 Å². The fourth-order valence-electron chi connectivity index (χ4n) is 1.38. The maximum absolute atomic E-state index is 12.0. The van der Waals surface area contributed by atoms with Crippen LogP contribution in [-0.2, 0) is 9.53 Å². The second kappa shape index (κ2) is 6.00. The Kier molecular flexibility index (Phi) is 4.90. The zero-order valence-corrected chi connectivity index (χ0v) is 12.2. The first kappa shape index (κ1) is 14.7. The molecule has 0 aliphatic carbocycles. The molecule has 18 heavy (non-hydrogen) atoms. The Morgan fingerprint density at radius 3 is 2.44 bits per heavy atom. The van der Waals surface area contributed by atoms with E-state index in [2.05, 4.69) is 5.32 Å². The summed E-state index contributed by atoms with van der Waals surface area (Å²) >= 11 is 1.28.